The third-order valence-electron chi connectivity index (χ3n) is 2.46. The zero-order chi connectivity index (χ0) is 14.6. The first-order valence-corrected chi connectivity index (χ1v) is 5.38. The van der Waals surface area contributed by atoms with E-state index in [4.69, 9.17) is 0 Å². The van der Waals surface area contributed by atoms with Crippen molar-refractivity contribution in [3.8, 4) is 0 Å². The van der Waals surface area contributed by atoms with Crippen LogP contribution >= 0.6 is 0 Å². The third-order valence-corrected chi connectivity index (χ3v) is 2.46. The second-order valence-electron chi connectivity index (χ2n) is 3.96. The molecule has 0 aromatic heterocycles. The lowest BCUT2D eigenvalue weighted by Crippen LogP contribution is -2.36. The Hall–Kier alpha value is -1.63. The number of rotatable bonds is 4. The van der Waals surface area contributed by atoms with Gasteiger partial charge in [-0.1, -0.05) is 12.1 Å². The average molecular weight is 279 g/mol. The van der Waals surface area contributed by atoms with Gasteiger partial charge in [-0.05, 0) is 24.1 Å². The predicted molar refractivity (Wildman–Crippen MR) is 60.0 cm³/mol. The number of carbonyl (C=O) groups is 1. The van der Waals surface area contributed by atoms with Crippen molar-refractivity contribution in [3.63, 3.8) is 0 Å². The number of esters is 1. The lowest BCUT2D eigenvalue weighted by atomic mass is 10.0. The summed E-state index contributed by atoms with van der Waals surface area (Å²) in [6.45, 7) is 0.111. The quantitative estimate of drug-likeness (QED) is 0.680. The normalized spacial score (nSPS) is 13.2. The summed E-state index contributed by atoms with van der Waals surface area (Å²) in [6, 6.07) is 2.36. The molecule has 0 spiro atoms. The van der Waals surface area contributed by atoms with Crippen LogP contribution in [0.1, 0.15) is 17.2 Å². The highest BCUT2D eigenvalue weighted by atomic mass is 19.4. The summed E-state index contributed by atoms with van der Waals surface area (Å²) in [7, 11) is 1.07. The van der Waals surface area contributed by atoms with E-state index in [1.54, 1.807) is 0 Å². The van der Waals surface area contributed by atoms with E-state index in [2.05, 4.69) is 10.1 Å². The first-order chi connectivity index (χ1) is 8.74. The summed E-state index contributed by atoms with van der Waals surface area (Å²) in [5.74, 6) is -1.36. The van der Waals surface area contributed by atoms with Crippen LogP contribution < -0.4 is 5.32 Å². The number of aryl methyl sites for hydroxylation is 1. The van der Waals surface area contributed by atoms with Gasteiger partial charge in [0.15, 0.2) is 0 Å². The van der Waals surface area contributed by atoms with Gasteiger partial charge in [0.25, 0.3) is 0 Å². The highest BCUT2D eigenvalue weighted by molar-refractivity contribution is 5.77. The number of nitrogens with one attached hydrogen (secondary N) is 1. The average Bonchev–Trinajstić information content (AvgIpc) is 2.32. The van der Waals surface area contributed by atoms with E-state index >= 15 is 0 Å². The van der Waals surface area contributed by atoms with Crippen molar-refractivity contribution in [2.45, 2.75) is 19.1 Å². The summed E-state index contributed by atoms with van der Waals surface area (Å²) >= 11 is 0. The molecule has 106 valence electrons. The lowest BCUT2D eigenvalue weighted by Gasteiger charge is -2.18. The highest BCUT2D eigenvalue weighted by Crippen LogP contribution is 2.20. The molecule has 0 amide bonds. The number of methoxy groups -OCH3 is 1. The fraction of sp³-hybridized carbons (Fsp3) is 0.417. The van der Waals surface area contributed by atoms with Crippen LogP contribution in [0.2, 0.25) is 0 Å². The largest absolute Gasteiger partial charge is 0.468 e. The van der Waals surface area contributed by atoms with Crippen LogP contribution in [0.15, 0.2) is 18.2 Å². The highest BCUT2D eigenvalue weighted by Gasteiger charge is 2.31. The van der Waals surface area contributed by atoms with Crippen LogP contribution in [0, 0.1) is 12.7 Å². The number of ether oxygens (including phenoxy) is 1. The Bertz CT molecular complexity index is 460. The number of hydrogen-bond acceptors (Lipinski definition) is 3. The van der Waals surface area contributed by atoms with Crippen molar-refractivity contribution >= 4 is 5.97 Å². The molecule has 3 nitrogen and oxygen atoms in total. The van der Waals surface area contributed by atoms with Crippen molar-refractivity contribution in [1.29, 1.82) is 0 Å². The van der Waals surface area contributed by atoms with Crippen LogP contribution in [0.3, 0.4) is 0 Å². The fourth-order valence-corrected chi connectivity index (χ4v) is 1.52. The maximum Gasteiger partial charge on any atom is 0.401 e. The third kappa shape index (κ3) is 4.51. The molecule has 0 fully saturated rings. The van der Waals surface area contributed by atoms with Gasteiger partial charge in [-0.3, -0.25) is 5.32 Å². The maximum atomic E-state index is 13.1. The number of carbonyl (C=O) groups excluding carboxylic acids is 1. The molecule has 1 rings (SSSR count). The van der Waals surface area contributed by atoms with Crippen LogP contribution in [-0.4, -0.2) is 25.8 Å². The summed E-state index contributed by atoms with van der Waals surface area (Å²) in [4.78, 5) is 11.5. The zero-order valence-electron chi connectivity index (χ0n) is 10.3. The predicted octanol–water partition coefficient (Wildman–Crippen LogP) is 2.50. The van der Waals surface area contributed by atoms with Crippen LogP contribution in [-0.2, 0) is 9.53 Å². The SMILES string of the molecule is COC(=O)C(NCC(F)(F)F)c1ccc(F)c(C)c1. The van der Waals surface area contributed by atoms with E-state index < -0.39 is 30.5 Å². The topological polar surface area (TPSA) is 38.3 Å². The molecule has 19 heavy (non-hydrogen) atoms. The van der Waals surface area contributed by atoms with Gasteiger partial charge in [0.2, 0.25) is 0 Å². The molecule has 0 saturated heterocycles. The van der Waals surface area contributed by atoms with E-state index in [9.17, 15) is 22.4 Å². The van der Waals surface area contributed by atoms with Gasteiger partial charge in [-0.2, -0.15) is 13.2 Å². The Kier molecular flexibility index (Phi) is 4.88. The van der Waals surface area contributed by atoms with Gasteiger partial charge in [-0.15, -0.1) is 0 Å². The Morgan fingerprint density at radius 2 is 2.05 bits per heavy atom. The molecule has 0 radical (unpaired) electrons. The molecule has 0 saturated carbocycles. The van der Waals surface area contributed by atoms with Gasteiger partial charge >= 0.3 is 12.1 Å². The Balaban J connectivity index is 2.96. The van der Waals surface area contributed by atoms with Gasteiger partial charge in [0, 0.05) is 0 Å². The van der Waals surface area contributed by atoms with E-state index in [1.165, 1.54) is 19.1 Å². The number of halogens is 4. The lowest BCUT2D eigenvalue weighted by molar-refractivity contribution is -0.146. The van der Waals surface area contributed by atoms with Crippen molar-refractivity contribution in [3.05, 3.63) is 35.1 Å². The molecule has 7 heteroatoms. The molecule has 1 unspecified atom stereocenters. The molecule has 0 aliphatic rings. The minimum absolute atomic E-state index is 0.218. The summed E-state index contributed by atoms with van der Waals surface area (Å²) in [5.41, 5.74) is 0.454. The molecule has 0 aliphatic carbocycles. The molecule has 1 aromatic carbocycles. The minimum Gasteiger partial charge on any atom is -0.468 e. The molecule has 0 aliphatic heterocycles. The van der Waals surface area contributed by atoms with E-state index in [0.29, 0.717) is 0 Å². The van der Waals surface area contributed by atoms with E-state index in [-0.39, 0.29) is 11.1 Å². The van der Waals surface area contributed by atoms with Crippen molar-refractivity contribution in [2.24, 2.45) is 0 Å². The summed E-state index contributed by atoms with van der Waals surface area (Å²) in [6.07, 6.45) is -4.46. The second-order valence-corrected chi connectivity index (χ2v) is 3.96. The molecule has 0 heterocycles. The van der Waals surface area contributed by atoms with Crippen LogP contribution in [0.4, 0.5) is 17.6 Å². The molecular formula is C12H13F4NO2. The first kappa shape index (κ1) is 15.4. The Morgan fingerprint density at radius 1 is 1.42 bits per heavy atom. The smallest absolute Gasteiger partial charge is 0.401 e. The monoisotopic (exact) mass is 279 g/mol. The number of alkyl halides is 3. The first-order valence-electron chi connectivity index (χ1n) is 5.38. The van der Waals surface area contributed by atoms with Crippen molar-refractivity contribution in [2.75, 3.05) is 13.7 Å². The van der Waals surface area contributed by atoms with E-state index in [0.717, 1.165) is 13.2 Å². The molecule has 0 bridgehead atoms. The zero-order valence-corrected chi connectivity index (χ0v) is 10.3. The summed E-state index contributed by atoms with van der Waals surface area (Å²) in [5, 5.41) is 2.05. The Labute approximate surface area is 107 Å². The fourth-order valence-electron chi connectivity index (χ4n) is 1.52. The second kappa shape index (κ2) is 6.01. The van der Waals surface area contributed by atoms with Gasteiger partial charge in [0.1, 0.15) is 11.9 Å². The van der Waals surface area contributed by atoms with Gasteiger partial charge < -0.3 is 4.74 Å². The number of benzene rings is 1. The molecular weight excluding hydrogens is 266 g/mol. The van der Waals surface area contributed by atoms with Gasteiger partial charge in [0.05, 0.1) is 13.7 Å². The Morgan fingerprint density at radius 3 is 2.53 bits per heavy atom. The molecule has 1 atom stereocenters. The van der Waals surface area contributed by atoms with Crippen LogP contribution in [0.5, 0.6) is 0 Å². The molecule has 1 N–H and O–H groups in total. The van der Waals surface area contributed by atoms with Crippen molar-refractivity contribution < 1.29 is 27.1 Å². The maximum absolute atomic E-state index is 13.1. The van der Waals surface area contributed by atoms with Crippen LogP contribution in [0.25, 0.3) is 0 Å². The summed E-state index contributed by atoms with van der Waals surface area (Å²) < 4.78 is 54.0. The molecule has 1 aromatic rings. The standard InChI is InChI=1S/C12H13F4NO2/c1-7-5-8(3-4-9(7)13)10(11(18)19-2)17-6-12(14,15)16/h3-5,10,17H,6H2,1-2H3. The number of hydrogen-bond donors (Lipinski definition) is 1. The van der Waals surface area contributed by atoms with E-state index in [1.807, 2.05) is 0 Å². The van der Waals surface area contributed by atoms with Gasteiger partial charge in [-0.25, -0.2) is 9.18 Å². The van der Waals surface area contributed by atoms with Crippen molar-refractivity contribution in [1.82, 2.24) is 5.32 Å². The minimum atomic E-state index is -4.46.